The Kier molecular flexibility index (Phi) is 6.02. The maximum Gasteiger partial charge on any atom is 0.339 e. The molecule has 2 N–H and O–H groups in total. The van der Waals surface area contributed by atoms with Crippen LogP contribution >= 0.6 is 0 Å². The molecule has 0 aliphatic heterocycles. The summed E-state index contributed by atoms with van der Waals surface area (Å²) in [6, 6.07) is 2.70. The van der Waals surface area contributed by atoms with Gasteiger partial charge in [-0.1, -0.05) is 13.3 Å². The Bertz CT molecular complexity index is 962. The van der Waals surface area contributed by atoms with Crippen LogP contribution in [-0.4, -0.2) is 29.6 Å². The Balaban J connectivity index is 1.79. The van der Waals surface area contributed by atoms with Crippen molar-refractivity contribution in [3.05, 3.63) is 39.2 Å². The first kappa shape index (κ1) is 19.9. The Labute approximate surface area is 162 Å². The van der Waals surface area contributed by atoms with Gasteiger partial charge in [-0.3, -0.25) is 4.79 Å². The summed E-state index contributed by atoms with van der Waals surface area (Å²) >= 11 is 0. The number of aliphatic carboxylic acids is 1. The van der Waals surface area contributed by atoms with Crippen molar-refractivity contribution in [1.29, 1.82) is 0 Å². The molecule has 0 spiro atoms. The largest absolute Gasteiger partial charge is 0.483 e. The van der Waals surface area contributed by atoms with Crippen molar-refractivity contribution in [2.75, 3.05) is 6.61 Å². The van der Waals surface area contributed by atoms with E-state index in [1.807, 2.05) is 13.0 Å². The molecule has 3 rings (SSSR count). The third kappa shape index (κ3) is 4.03. The van der Waals surface area contributed by atoms with Gasteiger partial charge in [0.2, 0.25) is 0 Å². The van der Waals surface area contributed by atoms with Crippen LogP contribution in [0.15, 0.2) is 21.3 Å². The summed E-state index contributed by atoms with van der Waals surface area (Å²) in [5.41, 5.74) is 2.65. The number of amides is 1. The van der Waals surface area contributed by atoms with E-state index in [1.165, 1.54) is 0 Å². The first-order chi connectivity index (χ1) is 13.4. The molecule has 7 nitrogen and oxygen atoms in total. The Hall–Kier alpha value is -2.83. The third-order valence-corrected chi connectivity index (χ3v) is 5.16. The van der Waals surface area contributed by atoms with Gasteiger partial charge in [-0.15, -0.1) is 0 Å². The summed E-state index contributed by atoms with van der Waals surface area (Å²) in [5, 5.41) is 12.5. The normalized spacial score (nSPS) is 14.4. The van der Waals surface area contributed by atoms with Gasteiger partial charge in [-0.05, 0) is 56.7 Å². The van der Waals surface area contributed by atoms with E-state index in [1.54, 1.807) is 13.0 Å². The molecular weight excluding hydrogens is 362 g/mol. The number of fused-ring (bicyclic) bond motifs is 3. The molecule has 0 saturated carbocycles. The lowest BCUT2D eigenvalue weighted by Gasteiger charge is -2.18. The quantitative estimate of drug-likeness (QED) is 0.708. The van der Waals surface area contributed by atoms with E-state index in [0.717, 1.165) is 42.2 Å². The number of hydrogen-bond acceptors (Lipinski definition) is 5. The Morgan fingerprint density at radius 3 is 2.64 bits per heavy atom. The van der Waals surface area contributed by atoms with E-state index in [4.69, 9.17) is 14.3 Å². The SMILES string of the molecule is CCC[C@H](NC(=O)COc1ccc2c3c(c(=O)oc2c1C)CCCC3)C(=O)O. The highest BCUT2D eigenvalue weighted by Gasteiger charge is 2.21. The fourth-order valence-electron chi connectivity index (χ4n) is 3.71. The highest BCUT2D eigenvalue weighted by molar-refractivity contribution is 5.87. The number of carbonyl (C=O) groups is 2. The van der Waals surface area contributed by atoms with Crippen LogP contribution in [0.5, 0.6) is 5.75 Å². The molecular formula is C21H25NO6. The van der Waals surface area contributed by atoms with Gasteiger partial charge in [0.1, 0.15) is 17.4 Å². The van der Waals surface area contributed by atoms with E-state index < -0.39 is 17.9 Å². The second-order valence-corrected chi connectivity index (χ2v) is 7.15. The maximum atomic E-state index is 12.3. The molecule has 28 heavy (non-hydrogen) atoms. The average molecular weight is 387 g/mol. The number of carbonyl (C=O) groups excluding carboxylic acids is 1. The second-order valence-electron chi connectivity index (χ2n) is 7.15. The molecule has 150 valence electrons. The molecule has 1 aliphatic rings. The summed E-state index contributed by atoms with van der Waals surface area (Å²) in [7, 11) is 0. The smallest absolute Gasteiger partial charge is 0.339 e. The van der Waals surface area contributed by atoms with E-state index in [-0.39, 0.29) is 12.2 Å². The molecule has 0 bridgehead atoms. The van der Waals surface area contributed by atoms with Crippen LogP contribution in [0.3, 0.4) is 0 Å². The fourth-order valence-corrected chi connectivity index (χ4v) is 3.71. The molecule has 0 fully saturated rings. The van der Waals surface area contributed by atoms with Gasteiger partial charge < -0.3 is 19.6 Å². The van der Waals surface area contributed by atoms with Crippen LogP contribution < -0.4 is 15.7 Å². The lowest BCUT2D eigenvalue weighted by molar-refractivity contribution is -0.142. The van der Waals surface area contributed by atoms with Crippen molar-refractivity contribution < 1.29 is 23.8 Å². The zero-order chi connectivity index (χ0) is 20.3. The number of benzene rings is 1. The van der Waals surface area contributed by atoms with Gasteiger partial charge in [0.15, 0.2) is 6.61 Å². The summed E-state index contributed by atoms with van der Waals surface area (Å²) in [6.45, 7) is 3.32. The zero-order valence-electron chi connectivity index (χ0n) is 16.2. The minimum Gasteiger partial charge on any atom is -0.483 e. The fraction of sp³-hybridized carbons (Fsp3) is 0.476. The number of hydrogen-bond donors (Lipinski definition) is 2. The molecule has 1 heterocycles. The minimum absolute atomic E-state index is 0.302. The van der Waals surface area contributed by atoms with E-state index in [0.29, 0.717) is 29.7 Å². The standard InChI is InChI=1S/C21H25NO6/c1-3-6-16(20(24)25)22-18(23)11-27-17-10-9-14-13-7-4-5-8-15(13)21(26)28-19(14)12(17)2/h9-10,16H,3-8,11H2,1-2H3,(H,22,23)(H,24,25)/t16-/m0/s1. The molecule has 1 aromatic carbocycles. The summed E-state index contributed by atoms with van der Waals surface area (Å²) in [6.07, 6.45) is 4.64. The van der Waals surface area contributed by atoms with Crippen molar-refractivity contribution in [2.24, 2.45) is 0 Å². The maximum absolute atomic E-state index is 12.3. The lowest BCUT2D eigenvalue weighted by atomic mass is 9.90. The Morgan fingerprint density at radius 1 is 1.25 bits per heavy atom. The van der Waals surface area contributed by atoms with E-state index in [2.05, 4.69) is 5.32 Å². The minimum atomic E-state index is -1.07. The van der Waals surface area contributed by atoms with Gasteiger partial charge in [0, 0.05) is 16.5 Å². The molecule has 0 radical (unpaired) electrons. The van der Waals surface area contributed by atoms with Gasteiger partial charge in [-0.2, -0.15) is 0 Å². The van der Waals surface area contributed by atoms with E-state index >= 15 is 0 Å². The number of ether oxygens (including phenoxy) is 1. The average Bonchev–Trinajstić information content (AvgIpc) is 2.68. The Morgan fingerprint density at radius 2 is 1.96 bits per heavy atom. The molecule has 1 amide bonds. The predicted molar refractivity (Wildman–Crippen MR) is 104 cm³/mol. The summed E-state index contributed by atoms with van der Waals surface area (Å²) in [4.78, 5) is 35.5. The van der Waals surface area contributed by atoms with Crippen molar-refractivity contribution in [1.82, 2.24) is 5.32 Å². The van der Waals surface area contributed by atoms with Gasteiger partial charge >= 0.3 is 11.6 Å². The summed E-state index contributed by atoms with van der Waals surface area (Å²) in [5.74, 6) is -1.14. The molecule has 2 aromatic rings. The number of aryl methyl sites for hydroxylation is 2. The predicted octanol–water partition coefficient (Wildman–Crippen LogP) is 2.73. The molecule has 7 heteroatoms. The van der Waals surface area contributed by atoms with Crippen LogP contribution in [0, 0.1) is 6.92 Å². The highest BCUT2D eigenvalue weighted by atomic mass is 16.5. The van der Waals surface area contributed by atoms with Crippen molar-refractivity contribution in [3.8, 4) is 5.75 Å². The lowest BCUT2D eigenvalue weighted by Crippen LogP contribution is -2.42. The summed E-state index contributed by atoms with van der Waals surface area (Å²) < 4.78 is 11.1. The van der Waals surface area contributed by atoms with Crippen LogP contribution in [0.25, 0.3) is 11.0 Å². The van der Waals surface area contributed by atoms with Gasteiger partial charge in [-0.25, -0.2) is 9.59 Å². The number of carboxylic acids is 1. The number of carboxylic acid groups (broad SMARTS) is 1. The molecule has 0 saturated heterocycles. The number of rotatable bonds is 7. The molecule has 1 aliphatic carbocycles. The third-order valence-electron chi connectivity index (χ3n) is 5.16. The van der Waals surface area contributed by atoms with Crippen LogP contribution in [-0.2, 0) is 22.4 Å². The van der Waals surface area contributed by atoms with Crippen molar-refractivity contribution >= 4 is 22.8 Å². The van der Waals surface area contributed by atoms with Crippen LogP contribution in [0.4, 0.5) is 0 Å². The van der Waals surface area contributed by atoms with Gasteiger partial charge in [0.05, 0.1) is 0 Å². The molecule has 1 atom stereocenters. The second kappa shape index (κ2) is 8.46. The monoisotopic (exact) mass is 387 g/mol. The number of nitrogens with one attached hydrogen (secondary N) is 1. The van der Waals surface area contributed by atoms with Crippen molar-refractivity contribution in [2.45, 2.75) is 58.4 Å². The van der Waals surface area contributed by atoms with Crippen LogP contribution in [0.2, 0.25) is 0 Å². The first-order valence-corrected chi connectivity index (χ1v) is 9.65. The van der Waals surface area contributed by atoms with Gasteiger partial charge in [0.25, 0.3) is 5.91 Å². The topological polar surface area (TPSA) is 106 Å². The molecule has 1 aromatic heterocycles. The molecule has 0 unspecified atom stereocenters. The van der Waals surface area contributed by atoms with Crippen LogP contribution in [0.1, 0.15) is 49.3 Å². The highest BCUT2D eigenvalue weighted by Crippen LogP contribution is 2.32. The first-order valence-electron chi connectivity index (χ1n) is 9.65. The van der Waals surface area contributed by atoms with E-state index in [9.17, 15) is 14.4 Å². The zero-order valence-corrected chi connectivity index (χ0v) is 16.2. The van der Waals surface area contributed by atoms with Crippen molar-refractivity contribution in [3.63, 3.8) is 0 Å².